The number of phenols is 1. The molecule has 1 aromatic heterocycles. The van der Waals surface area contributed by atoms with E-state index in [2.05, 4.69) is 10.3 Å². The van der Waals surface area contributed by atoms with Gasteiger partial charge in [-0.1, -0.05) is 12.1 Å². The lowest BCUT2D eigenvalue weighted by atomic mass is 10.1. The van der Waals surface area contributed by atoms with Crippen LogP contribution in [-0.2, 0) is 11.2 Å². The Labute approximate surface area is 215 Å². The van der Waals surface area contributed by atoms with Gasteiger partial charge in [-0.15, -0.1) is 0 Å². The van der Waals surface area contributed by atoms with Crippen LogP contribution in [0.3, 0.4) is 0 Å². The third-order valence-electron chi connectivity index (χ3n) is 5.80. The number of aromatic hydroxyl groups is 1. The molecule has 0 saturated heterocycles. The number of amides is 1. The molecular weight excluding hydrogens is 472 g/mol. The number of phenolic OH excluding ortho intramolecular Hbond substituents is 1. The van der Waals surface area contributed by atoms with Crippen LogP contribution in [0.4, 0.5) is 5.69 Å². The Bertz CT molecular complexity index is 1430. The van der Waals surface area contributed by atoms with E-state index in [1.807, 2.05) is 31.2 Å². The number of fused-ring (bicyclic) bond motifs is 1. The van der Waals surface area contributed by atoms with Crippen LogP contribution < -0.4 is 20.3 Å². The highest BCUT2D eigenvalue weighted by atomic mass is 16.7. The van der Waals surface area contributed by atoms with Gasteiger partial charge >= 0.3 is 0 Å². The summed E-state index contributed by atoms with van der Waals surface area (Å²) in [5, 5.41) is 13.7. The second kappa shape index (κ2) is 12.1. The summed E-state index contributed by atoms with van der Waals surface area (Å²) in [7, 11) is 3.17. The summed E-state index contributed by atoms with van der Waals surface area (Å²) < 4.78 is 21.5. The van der Waals surface area contributed by atoms with Gasteiger partial charge in [0.05, 0.1) is 12.8 Å². The van der Waals surface area contributed by atoms with E-state index in [0.29, 0.717) is 29.1 Å². The van der Waals surface area contributed by atoms with E-state index < -0.39 is 0 Å². The summed E-state index contributed by atoms with van der Waals surface area (Å²) in [5.74, 6) is 1.24. The maximum atomic E-state index is 13.2. The van der Waals surface area contributed by atoms with Gasteiger partial charge in [0.15, 0.2) is 6.79 Å². The van der Waals surface area contributed by atoms with Gasteiger partial charge in [-0.2, -0.15) is 0 Å². The molecule has 0 aliphatic rings. The quantitative estimate of drug-likeness (QED) is 0.233. The topological polar surface area (TPSA) is 103 Å². The van der Waals surface area contributed by atoms with Crippen molar-refractivity contribution in [2.75, 3.05) is 27.6 Å². The predicted molar refractivity (Wildman–Crippen MR) is 140 cm³/mol. The first-order chi connectivity index (χ1) is 18.0. The number of aryl methyl sites for hydroxylation is 2. The van der Waals surface area contributed by atoms with Crippen LogP contribution in [0.2, 0.25) is 0 Å². The summed E-state index contributed by atoms with van der Waals surface area (Å²) in [6.45, 7) is 2.54. The smallest absolute Gasteiger partial charge is 0.256 e. The Morgan fingerprint density at radius 2 is 1.73 bits per heavy atom. The molecule has 0 spiro atoms. The lowest BCUT2D eigenvalue weighted by Crippen LogP contribution is -2.29. The summed E-state index contributed by atoms with van der Waals surface area (Å²) in [6.07, 6.45) is 1.56. The Balaban J connectivity index is 1.52. The van der Waals surface area contributed by atoms with Gasteiger partial charge in [0.1, 0.15) is 28.4 Å². The lowest BCUT2D eigenvalue weighted by molar-refractivity contribution is 0.0511. The van der Waals surface area contributed by atoms with Crippen molar-refractivity contribution in [3.63, 3.8) is 0 Å². The van der Waals surface area contributed by atoms with Gasteiger partial charge in [0.2, 0.25) is 5.55 Å². The van der Waals surface area contributed by atoms with Gasteiger partial charge < -0.3 is 29.1 Å². The summed E-state index contributed by atoms with van der Waals surface area (Å²) in [4.78, 5) is 17.8. The SMILES string of the molecule is COCOc1ccc(CCCNC(=O)c2cc3c(C)cc(O)cc3oc2=Nc2ccc(OC)cc2)cc1. The second-order valence-corrected chi connectivity index (χ2v) is 8.50. The molecule has 8 nitrogen and oxygen atoms in total. The largest absolute Gasteiger partial charge is 0.508 e. The molecule has 0 atom stereocenters. The van der Waals surface area contributed by atoms with Crippen molar-refractivity contribution in [1.29, 1.82) is 0 Å². The van der Waals surface area contributed by atoms with Crippen LogP contribution in [0, 0.1) is 6.92 Å². The van der Waals surface area contributed by atoms with Crippen molar-refractivity contribution in [3.8, 4) is 17.2 Å². The number of ether oxygens (including phenoxy) is 3. The molecular formula is C29H30N2O6. The molecule has 0 aliphatic carbocycles. The molecule has 1 heterocycles. The Kier molecular flexibility index (Phi) is 8.43. The predicted octanol–water partition coefficient (Wildman–Crippen LogP) is 5.03. The molecule has 0 saturated carbocycles. The standard InChI is InChI=1S/C29H30N2O6/c1-19-15-22(32)16-27-25(19)17-26(29(37-27)31-21-8-12-23(35-3)13-9-21)28(33)30-14-4-5-20-6-10-24(11-7-20)36-18-34-2/h6-13,15-17,32H,4-5,14,18H2,1-3H3,(H,30,33). The average Bonchev–Trinajstić information content (AvgIpc) is 2.90. The Morgan fingerprint density at radius 1 is 1.00 bits per heavy atom. The first kappa shape index (κ1) is 25.8. The first-order valence-electron chi connectivity index (χ1n) is 11.9. The van der Waals surface area contributed by atoms with Gasteiger partial charge in [-0.05, 0) is 79.4 Å². The number of nitrogens with zero attached hydrogens (tertiary/aromatic N) is 1. The minimum atomic E-state index is -0.284. The van der Waals surface area contributed by atoms with Crippen LogP contribution >= 0.6 is 0 Å². The summed E-state index contributed by atoms with van der Waals surface area (Å²) >= 11 is 0. The van der Waals surface area contributed by atoms with Crippen LogP contribution in [0.15, 0.2) is 76.1 Å². The van der Waals surface area contributed by atoms with Crippen molar-refractivity contribution in [1.82, 2.24) is 5.32 Å². The van der Waals surface area contributed by atoms with Crippen LogP contribution in [-0.4, -0.2) is 38.6 Å². The van der Waals surface area contributed by atoms with Crippen molar-refractivity contribution in [2.45, 2.75) is 19.8 Å². The molecule has 2 N–H and O–H groups in total. The highest BCUT2D eigenvalue weighted by Gasteiger charge is 2.14. The zero-order valence-corrected chi connectivity index (χ0v) is 21.1. The fraction of sp³-hybridized carbons (Fsp3) is 0.241. The van der Waals surface area contributed by atoms with E-state index in [4.69, 9.17) is 18.6 Å². The van der Waals surface area contributed by atoms with E-state index >= 15 is 0 Å². The third-order valence-corrected chi connectivity index (χ3v) is 5.80. The highest BCUT2D eigenvalue weighted by Crippen LogP contribution is 2.24. The minimum Gasteiger partial charge on any atom is -0.508 e. The number of carbonyl (C=O) groups excluding carboxylic acids is 1. The molecule has 4 rings (SSSR count). The zero-order valence-electron chi connectivity index (χ0n) is 21.1. The number of benzene rings is 3. The molecule has 3 aromatic carbocycles. The van der Waals surface area contributed by atoms with Gasteiger partial charge in [-0.3, -0.25) is 4.79 Å². The molecule has 0 fully saturated rings. The molecule has 0 radical (unpaired) electrons. The highest BCUT2D eigenvalue weighted by molar-refractivity contribution is 5.97. The molecule has 0 unspecified atom stereocenters. The van der Waals surface area contributed by atoms with E-state index in [-0.39, 0.29) is 24.0 Å². The van der Waals surface area contributed by atoms with E-state index in [1.165, 1.54) is 6.07 Å². The molecule has 1 amide bonds. The van der Waals surface area contributed by atoms with Gasteiger partial charge in [0.25, 0.3) is 5.91 Å². The second-order valence-electron chi connectivity index (χ2n) is 8.50. The Hall–Kier alpha value is -4.30. The third kappa shape index (κ3) is 6.68. The van der Waals surface area contributed by atoms with E-state index in [1.54, 1.807) is 50.6 Å². The zero-order chi connectivity index (χ0) is 26.2. The minimum absolute atomic E-state index is 0.0830. The van der Waals surface area contributed by atoms with Crippen molar-refractivity contribution in [2.24, 2.45) is 4.99 Å². The molecule has 0 bridgehead atoms. The summed E-state index contributed by atoms with van der Waals surface area (Å²) in [5.41, 5.74) is 3.46. The number of carbonyl (C=O) groups is 1. The van der Waals surface area contributed by atoms with Crippen molar-refractivity contribution < 1.29 is 28.5 Å². The molecule has 4 aromatic rings. The monoisotopic (exact) mass is 502 g/mol. The number of nitrogens with one attached hydrogen (secondary N) is 1. The molecule has 192 valence electrons. The fourth-order valence-corrected chi connectivity index (χ4v) is 3.87. The molecule has 8 heteroatoms. The number of rotatable bonds is 10. The van der Waals surface area contributed by atoms with Crippen molar-refractivity contribution >= 4 is 22.6 Å². The molecule has 0 aliphatic heterocycles. The summed E-state index contributed by atoms with van der Waals surface area (Å²) in [6, 6.07) is 19.8. The molecule has 37 heavy (non-hydrogen) atoms. The normalized spacial score (nSPS) is 11.5. The first-order valence-corrected chi connectivity index (χ1v) is 11.9. The van der Waals surface area contributed by atoms with E-state index in [0.717, 1.165) is 35.1 Å². The van der Waals surface area contributed by atoms with Gasteiger partial charge in [-0.25, -0.2) is 4.99 Å². The number of hydrogen-bond acceptors (Lipinski definition) is 7. The maximum absolute atomic E-state index is 13.2. The average molecular weight is 503 g/mol. The maximum Gasteiger partial charge on any atom is 0.256 e. The Morgan fingerprint density at radius 3 is 2.43 bits per heavy atom. The van der Waals surface area contributed by atoms with E-state index in [9.17, 15) is 9.90 Å². The van der Waals surface area contributed by atoms with Crippen LogP contribution in [0.1, 0.15) is 27.9 Å². The lowest BCUT2D eigenvalue weighted by Gasteiger charge is -2.09. The van der Waals surface area contributed by atoms with Gasteiger partial charge in [0, 0.05) is 25.1 Å². The van der Waals surface area contributed by atoms with Crippen LogP contribution in [0.25, 0.3) is 11.0 Å². The van der Waals surface area contributed by atoms with Crippen LogP contribution in [0.5, 0.6) is 17.2 Å². The van der Waals surface area contributed by atoms with Crippen molar-refractivity contribution in [3.05, 3.63) is 89.0 Å². The number of methoxy groups -OCH3 is 2. The fourth-order valence-electron chi connectivity index (χ4n) is 3.87. The number of hydrogen-bond donors (Lipinski definition) is 2.